The van der Waals surface area contributed by atoms with Crippen molar-refractivity contribution in [2.75, 3.05) is 11.4 Å². The van der Waals surface area contributed by atoms with E-state index in [1.165, 1.54) is 17.0 Å². The van der Waals surface area contributed by atoms with E-state index < -0.39 is 11.7 Å². The fourth-order valence-corrected chi connectivity index (χ4v) is 2.77. The molecule has 2 aromatic rings. The minimum Gasteiger partial charge on any atom is -0.506 e. The lowest BCUT2D eigenvalue weighted by Crippen LogP contribution is -2.36. The minimum absolute atomic E-state index is 0.0386. The number of aryl methyl sites for hydroxylation is 2. The van der Waals surface area contributed by atoms with Crippen LogP contribution in [0.15, 0.2) is 36.4 Å². The zero-order chi connectivity index (χ0) is 15.0. The Morgan fingerprint density at radius 2 is 2.10 bits per heavy atom. The standard InChI is InChI=1S/C17H16FNO2/c1-11-7-8-13(14(18)10-11)17(21)19-9-3-5-12-4-2-6-15(20)16(12)19/h2,4,6-8,10,20H,3,5,9H2,1H3. The van der Waals surface area contributed by atoms with Gasteiger partial charge in [-0.05, 0) is 49.1 Å². The number of amides is 1. The van der Waals surface area contributed by atoms with Gasteiger partial charge in [0.15, 0.2) is 0 Å². The molecule has 0 radical (unpaired) electrons. The lowest BCUT2D eigenvalue weighted by molar-refractivity contribution is 0.0980. The molecule has 0 unspecified atom stereocenters. The van der Waals surface area contributed by atoms with E-state index >= 15 is 0 Å². The van der Waals surface area contributed by atoms with Gasteiger partial charge < -0.3 is 10.0 Å². The molecule has 2 aromatic carbocycles. The van der Waals surface area contributed by atoms with Crippen molar-refractivity contribution in [3.8, 4) is 5.75 Å². The highest BCUT2D eigenvalue weighted by Gasteiger charge is 2.27. The molecule has 1 N–H and O–H groups in total. The molecule has 21 heavy (non-hydrogen) atoms. The number of benzene rings is 2. The van der Waals surface area contributed by atoms with Crippen LogP contribution < -0.4 is 4.90 Å². The number of phenolic OH excluding ortho intramolecular Hbond substituents is 1. The first kappa shape index (κ1) is 13.6. The molecule has 1 aliphatic rings. The summed E-state index contributed by atoms with van der Waals surface area (Å²) in [5.41, 5.74) is 2.23. The molecule has 0 aromatic heterocycles. The quantitative estimate of drug-likeness (QED) is 0.872. The van der Waals surface area contributed by atoms with E-state index in [4.69, 9.17) is 0 Å². The number of halogens is 1. The molecular weight excluding hydrogens is 269 g/mol. The summed E-state index contributed by atoms with van der Waals surface area (Å²) in [4.78, 5) is 14.1. The SMILES string of the molecule is Cc1ccc(C(=O)N2CCCc3cccc(O)c32)c(F)c1. The second-order valence-electron chi connectivity index (χ2n) is 5.33. The number of nitrogens with zero attached hydrogens (tertiary/aromatic N) is 1. The number of hydrogen-bond donors (Lipinski definition) is 1. The monoisotopic (exact) mass is 285 g/mol. The Labute approximate surface area is 122 Å². The number of hydrogen-bond acceptors (Lipinski definition) is 2. The third kappa shape index (κ3) is 2.37. The van der Waals surface area contributed by atoms with Crippen molar-refractivity contribution in [1.82, 2.24) is 0 Å². The van der Waals surface area contributed by atoms with Crippen molar-refractivity contribution < 1.29 is 14.3 Å². The average Bonchev–Trinajstić information content (AvgIpc) is 2.46. The van der Waals surface area contributed by atoms with Gasteiger partial charge in [0.25, 0.3) is 5.91 Å². The maximum absolute atomic E-state index is 14.0. The summed E-state index contributed by atoms with van der Waals surface area (Å²) in [6.45, 7) is 2.26. The fourth-order valence-electron chi connectivity index (χ4n) is 2.77. The number of rotatable bonds is 1. The highest BCUT2D eigenvalue weighted by atomic mass is 19.1. The van der Waals surface area contributed by atoms with Gasteiger partial charge in [0.2, 0.25) is 0 Å². The van der Waals surface area contributed by atoms with Gasteiger partial charge in [0.05, 0.1) is 11.3 Å². The maximum atomic E-state index is 14.0. The maximum Gasteiger partial charge on any atom is 0.261 e. The number of anilines is 1. The minimum atomic E-state index is -0.525. The molecule has 0 saturated carbocycles. The van der Waals surface area contributed by atoms with Crippen LogP contribution in [0.4, 0.5) is 10.1 Å². The van der Waals surface area contributed by atoms with Crippen LogP contribution in [0.25, 0.3) is 0 Å². The first-order valence-electron chi connectivity index (χ1n) is 6.97. The summed E-state index contributed by atoms with van der Waals surface area (Å²) in [6.07, 6.45) is 1.61. The molecule has 0 spiro atoms. The van der Waals surface area contributed by atoms with Crippen LogP contribution in [-0.2, 0) is 6.42 Å². The molecule has 108 valence electrons. The summed E-state index contributed by atoms with van der Waals surface area (Å²) in [6, 6.07) is 9.76. The molecular formula is C17H16FNO2. The smallest absolute Gasteiger partial charge is 0.261 e. The number of fused-ring (bicyclic) bond motifs is 1. The van der Waals surface area contributed by atoms with Crippen molar-refractivity contribution >= 4 is 11.6 Å². The van der Waals surface area contributed by atoms with Crippen molar-refractivity contribution in [2.24, 2.45) is 0 Å². The van der Waals surface area contributed by atoms with E-state index in [1.54, 1.807) is 25.1 Å². The molecule has 0 saturated heterocycles. The van der Waals surface area contributed by atoms with Crippen LogP contribution >= 0.6 is 0 Å². The summed E-state index contributed by atoms with van der Waals surface area (Å²) >= 11 is 0. The molecule has 1 amide bonds. The first-order valence-corrected chi connectivity index (χ1v) is 6.97. The van der Waals surface area contributed by atoms with Gasteiger partial charge >= 0.3 is 0 Å². The number of phenols is 1. The average molecular weight is 285 g/mol. The Hall–Kier alpha value is -2.36. The zero-order valence-electron chi connectivity index (χ0n) is 11.8. The van der Waals surface area contributed by atoms with E-state index in [1.807, 2.05) is 6.07 Å². The van der Waals surface area contributed by atoms with E-state index in [0.717, 1.165) is 24.0 Å². The molecule has 4 heteroatoms. The third-order valence-corrected chi connectivity index (χ3v) is 3.80. The van der Waals surface area contributed by atoms with E-state index in [-0.39, 0.29) is 11.3 Å². The van der Waals surface area contributed by atoms with Gasteiger partial charge in [0, 0.05) is 6.54 Å². The largest absolute Gasteiger partial charge is 0.506 e. The Bertz CT molecular complexity index is 712. The van der Waals surface area contributed by atoms with Crippen LogP contribution in [-0.4, -0.2) is 17.6 Å². The molecule has 0 aliphatic carbocycles. The third-order valence-electron chi connectivity index (χ3n) is 3.80. The van der Waals surface area contributed by atoms with Crippen LogP contribution in [0.1, 0.15) is 27.9 Å². The van der Waals surface area contributed by atoms with Gasteiger partial charge in [0.1, 0.15) is 11.6 Å². The molecule has 0 atom stereocenters. The molecule has 1 aliphatic heterocycles. The normalized spacial score (nSPS) is 13.9. The Kier molecular flexibility index (Phi) is 3.37. The second-order valence-corrected chi connectivity index (χ2v) is 5.33. The zero-order valence-corrected chi connectivity index (χ0v) is 11.8. The topological polar surface area (TPSA) is 40.5 Å². The Morgan fingerprint density at radius 3 is 2.86 bits per heavy atom. The molecule has 1 heterocycles. The van der Waals surface area contributed by atoms with E-state index in [0.29, 0.717) is 12.2 Å². The van der Waals surface area contributed by atoms with E-state index in [2.05, 4.69) is 0 Å². The predicted octanol–water partition coefficient (Wildman–Crippen LogP) is 3.43. The second kappa shape index (κ2) is 5.20. The predicted molar refractivity (Wildman–Crippen MR) is 79.2 cm³/mol. The molecule has 0 bridgehead atoms. The van der Waals surface area contributed by atoms with Crippen molar-refractivity contribution in [2.45, 2.75) is 19.8 Å². The molecule has 0 fully saturated rings. The van der Waals surface area contributed by atoms with Crippen LogP contribution in [0.3, 0.4) is 0 Å². The van der Waals surface area contributed by atoms with E-state index in [9.17, 15) is 14.3 Å². The fraction of sp³-hybridized carbons (Fsp3) is 0.235. The van der Waals surface area contributed by atoms with Crippen LogP contribution in [0, 0.1) is 12.7 Å². The Morgan fingerprint density at radius 1 is 1.29 bits per heavy atom. The molecule has 3 rings (SSSR count). The van der Waals surface area contributed by atoms with Crippen LogP contribution in [0.5, 0.6) is 5.75 Å². The van der Waals surface area contributed by atoms with Crippen molar-refractivity contribution in [3.63, 3.8) is 0 Å². The summed E-state index contributed by atoms with van der Waals surface area (Å²) in [7, 11) is 0. The highest BCUT2D eigenvalue weighted by molar-refractivity contribution is 6.07. The van der Waals surface area contributed by atoms with Crippen molar-refractivity contribution in [3.05, 3.63) is 58.9 Å². The van der Waals surface area contributed by atoms with Gasteiger partial charge in [-0.3, -0.25) is 4.79 Å². The Balaban J connectivity index is 2.04. The van der Waals surface area contributed by atoms with Gasteiger partial charge in [-0.2, -0.15) is 0 Å². The summed E-state index contributed by atoms with van der Waals surface area (Å²) in [5.74, 6) is -0.870. The lowest BCUT2D eigenvalue weighted by Gasteiger charge is -2.30. The first-order chi connectivity index (χ1) is 10.1. The summed E-state index contributed by atoms with van der Waals surface area (Å²) < 4.78 is 14.0. The summed E-state index contributed by atoms with van der Waals surface area (Å²) in [5, 5.41) is 10.0. The molecule has 3 nitrogen and oxygen atoms in total. The van der Waals surface area contributed by atoms with Gasteiger partial charge in [-0.15, -0.1) is 0 Å². The van der Waals surface area contributed by atoms with Gasteiger partial charge in [-0.1, -0.05) is 18.2 Å². The van der Waals surface area contributed by atoms with Crippen molar-refractivity contribution in [1.29, 1.82) is 0 Å². The lowest BCUT2D eigenvalue weighted by atomic mass is 9.99. The highest BCUT2D eigenvalue weighted by Crippen LogP contribution is 2.36. The number of para-hydroxylation sites is 1. The number of carbonyl (C=O) groups excluding carboxylic acids is 1. The van der Waals surface area contributed by atoms with Gasteiger partial charge in [-0.25, -0.2) is 4.39 Å². The number of aromatic hydroxyl groups is 1. The number of carbonyl (C=O) groups is 1. The van der Waals surface area contributed by atoms with Crippen LogP contribution in [0.2, 0.25) is 0 Å².